The van der Waals surface area contributed by atoms with Gasteiger partial charge in [-0.1, -0.05) is 12.8 Å². The average Bonchev–Trinajstić information content (AvgIpc) is 2.70. The fourth-order valence-corrected chi connectivity index (χ4v) is 3.87. The second-order valence-electron chi connectivity index (χ2n) is 4.83. The van der Waals surface area contributed by atoms with E-state index in [1.54, 1.807) is 6.07 Å². The average molecular weight is 317 g/mol. The fourth-order valence-electron chi connectivity index (χ4n) is 2.15. The Balaban J connectivity index is 1.88. The largest absolute Gasteiger partial charge is 0.333 e. The van der Waals surface area contributed by atoms with Crippen molar-refractivity contribution in [1.82, 2.24) is 10.2 Å². The molecule has 0 unspecified atom stereocenters. The Bertz CT molecular complexity index is 560. The number of hydrogen-bond donors (Lipinski definition) is 2. The molecule has 20 heavy (non-hydrogen) atoms. The van der Waals surface area contributed by atoms with E-state index >= 15 is 0 Å². The maximum absolute atomic E-state index is 12.0. The van der Waals surface area contributed by atoms with Gasteiger partial charge < -0.3 is 10.2 Å². The summed E-state index contributed by atoms with van der Waals surface area (Å²) in [6.45, 7) is 1.91. The highest BCUT2D eigenvalue weighted by molar-refractivity contribution is 7.91. The SMILES string of the molecule is NS(=O)(=O)c1ccc(CNC(=O)N2CCCCCC2)s1. The maximum Gasteiger partial charge on any atom is 0.317 e. The number of rotatable bonds is 3. The van der Waals surface area contributed by atoms with E-state index in [4.69, 9.17) is 5.14 Å². The molecule has 112 valence electrons. The van der Waals surface area contributed by atoms with Gasteiger partial charge in [0.1, 0.15) is 4.21 Å². The molecule has 0 atom stereocenters. The predicted molar refractivity (Wildman–Crippen MR) is 78.0 cm³/mol. The third kappa shape index (κ3) is 4.19. The first-order chi connectivity index (χ1) is 9.47. The Hall–Kier alpha value is -1.12. The molecule has 0 aliphatic carbocycles. The molecule has 8 heteroatoms. The van der Waals surface area contributed by atoms with E-state index in [2.05, 4.69) is 5.32 Å². The molecular formula is C12H19N3O3S2. The van der Waals surface area contributed by atoms with E-state index in [1.807, 2.05) is 4.90 Å². The molecule has 0 saturated carbocycles. The molecule has 0 aromatic carbocycles. The fraction of sp³-hybridized carbons (Fsp3) is 0.583. The van der Waals surface area contributed by atoms with E-state index in [0.29, 0.717) is 6.54 Å². The van der Waals surface area contributed by atoms with E-state index in [-0.39, 0.29) is 10.2 Å². The van der Waals surface area contributed by atoms with Gasteiger partial charge in [-0.3, -0.25) is 0 Å². The van der Waals surface area contributed by atoms with Crippen LogP contribution < -0.4 is 10.5 Å². The van der Waals surface area contributed by atoms with Crippen molar-refractivity contribution in [1.29, 1.82) is 0 Å². The summed E-state index contributed by atoms with van der Waals surface area (Å²) in [6.07, 6.45) is 4.43. The number of carbonyl (C=O) groups excluding carboxylic acids is 1. The van der Waals surface area contributed by atoms with Crippen molar-refractivity contribution < 1.29 is 13.2 Å². The minimum atomic E-state index is -3.65. The number of amides is 2. The molecule has 1 saturated heterocycles. The van der Waals surface area contributed by atoms with Gasteiger partial charge in [0.15, 0.2) is 0 Å². The van der Waals surface area contributed by atoms with Crippen LogP contribution in [0, 0.1) is 0 Å². The highest BCUT2D eigenvalue weighted by Crippen LogP contribution is 2.20. The van der Waals surface area contributed by atoms with E-state index in [1.165, 1.54) is 18.9 Å². The van der Waals surface area contributed by atoms with Crippen LogP contribution in [0.15, 0.2) is 16.3 Å². The van der Waals surface area contributed by atoms with E-state index in [9.17, 15) is 13.2 Å². The second kappa shape index (κ2) is 6.55. The Morgan fingerprint density at radius 2 is 1.90 bits per heavy atom. The molecule has 1 aromatic rings. The molecule has 6 nitrogen and oxygen atoms in total. The third-order valence-electron chi connectivity index (χ3n) is 3.22. The number of nitrogens with one attached hydrogen (secondary N) is 1. The third-order valence-corrected chi connectivity index (χ3v) is 5.75. The molecule has 1 aliphatic rings. The lowest BCUT2D eigenvalue weighted by atomic mass is 10.2. The van der Waals surface area contributed by atoms with Crippen molar-refractivity contribution in [3.8, 4) is 0 Å². The van der Waals surface area contributed by atoms with Crippen molar-refractivity contribution in [2.75, 3.05) is 13.1 Å². The lowest BCUT2D eigenvalue weighted by molar-refractivity contribution is 0.199. The van der Waals surface area contributed by atoms with Crippen molar-refractivity contribution in [3.05, 3.63) is 17.0 Å². The Labute approximate surface area is 123 Å². The number of nitrogens with two attached hydrogens (primary N) is 1. The van der Waals surface area contributed by atoms with Crippen LogP contribution in [0.5, 0.6) is 0 Å². The molecule has 3 N–H and O–H groups in total. The first-order valence-corrected chi connectivity index (χ1v) is 8.97. The zero-order valence-corrected chi connectivity index (χ0v) is 12.8. The molecule has 0 spiro atoms. The van der Waals surface area contributed by atoms with E-state index in [0.717, 1.165) is 42.1 Å². The first-order valence-electron chi connectivity index (χ1n) is 6.61. The monoisotopic (exact) mass is 317 g/mol. The maximum atomic E-state index is 12.0. The van der Waals surface area contributed by atoms with Crippen LogP contribution in [0.1, 0.15) is 30.6 Å². The number of likely N-dealkylation sites (tertiary alicyclic amines) is 1. The number of nitrogens with zero attached hydrogens (tertiary/aromatic N) is 1. The number of primary sulfonamides is 1. The van der Waals surface area contributed by atoms with Gasteiger partial charge in [-0.2, -0.15) is 0 Å². The minimum Gasteiger partial charge on any atom is -0.333 e. The highest BCUT2D eigenvalue weighted by Gasteiger charge is 2.16. The van der Waals surface area contributed by atoms with Crippen LogP contribution in [0.4, 0.5) is 4.79 Å². The molecule has 0 radical (unpaired) electrons. The molecule has 1 aromatic heterocycles. The summed E-state index contributed by atoms with van der Waals surface area (Å²) in [5.41, 5.74) is 0. The normalized spacial score (nSPS) is 16.8. The quantitative estimate of drug-likeness (QED) is 0.884. The van der Waals surface area contributed by atoms with Crippen LogP contribution in [0.25, 0.3) is 0 Å². The Morgan fingerprint density at radius 1 is 1.25 bits per heavy atom. The summed E-state index contributed by atoms with van der Waals surface area (Å²) in [5.74, 6) is 0. The summed E-state index contributed by atoms with van der Waals surface area (Å²) in [5, 5.41) is 7.87. The number of hydrogen-bond acceptors (Lipinski definition) is 4. The molecule has 2 amide bonds. The van der Waals surface area contributed by atoms with E-state index < -0.39 is 10.0 Å². The van der Waals surface area contributed by atoms with Gasteiger partial charge in [0, 0.05) is 18.0 Å². The predicted octanol–water partition coefficient (Wildman–Crippen LogP) is 1.48. The van der Waals surface area contributed by atoms with Crippen molar-refractivity contribution in [2.24, 2.45) is 5.14 Å². The van der Waals surface area contributed by atoms with Crippen molar-refractivity contribution in [2.45, 2.75) is 36.4 Å². The van der Waals surface area contributed by atoms with Gasteiger partial charge in [-0.25, -0.2) is 18.4 Å². The van der Waals surface area contributed by atoms with Gasteiger partial charge in [0.05, 0.1) is 6.54 Å². The van der Waals surface area contributed by atoms with Crippen LogP contribution >= 0.6 is 11.3 Å². The summed E-state index contributed by atoms with van der Waals surface area (Å²) in [6, 6.07) is 3.05. The smallest absolute Gasteiger partial charge is 0.317 e. The van der Waals surface area contributed by atoms with Crippen LogP contribution in [0.3, 0.4) is 0 Å². The molecule has 0 bridgehead atoms. The molecule has 2 heterocycles. The zero-order chi connectivity index (χ0) is 14.6. The minimum absolute atomic E-state index is 0.0857. The number of carbonyl (C=O) groups is 1. The highest BCUT2D eigenvalue weighted by atomic mass is 32.2. The lowest BCUT2D eigenvalue weighted by Gasteiger charge is -2.20. The molecule has 1 fully saturated rings. The van der Waals surface area contributed by atoms with Crippen molar-refractivity contribution in [3.63, 3.8) is 0 Å². The van der Waals surface area contributed by atoms with Crippen LogP contribution in [-0.2, 0) is 16.6 Å². The van der Waals surface area contributed by atoms with Gasteiger partial charge >= 0.3 is 6.03 Å². The number of sulfonamides is 1. The van der Waals surface area contributed by atoms with Crippen LogP contribution in [-0.4, -0.2) is 32.4 Å². The van der Waals surface area contributed by atoms with Crippen LogP contribution in [0.2, 0.25) is 0 Å². The number of urea groups is 1. The summed E-state index contributed by atoms with van der Waals surface area (Å²) in [7, 11) is -3.65. The summed E-state index contributed by atoms with van der Waals surface area (Å²) >= 11 is 1.09. The summed E-state index contributed by atoms with van der Waals surface area (Å²) < 4.78 is 22.4. The first kappa shape index (κ1) is 15.3. The molecule has 1 aliphatic heterocycles. The standard InChI is InChI=1S/C12H19N3O3S2/c13-20(17,18)11-6-5-10(19-11)9-14-12(16)15-7-3-1-2-4-8-15/h5-6H,1-4,7-9H2,(H,14,16)(H2,13,17,18). The topological polar surface area (TPSA) is 92.5 Å². The number of thiophene rings is 1. The van der Waals surface area contributed by atoms with Crippen molar-refractivity contribution >= 4 is 27.4 Å². The van der Waals surface area contributed by atoms with Gasteiger partial charge in [-0.05, 0) is 25.0 Å². The van der Waals surface area contributed by atoms with Gasteiger partial charge in [-0.15, -0.1) is 11.3 Å². The van der Waals surface area contributed by atoms with Gasteiger partial charge in [0.25, 0.3) is 0 Å². The summed E-state index contributed by atoms with van der Waals surface area (Å²) in [4.78, 5) is 14.6. The second-order valence-corrected chi connectivity index (χ2v) is 7.78. The Morgan fingerprint density at radius 3 is 2.45 bits per heavy atom. The zero-order valence-electron chi connectivity index (χ0n) is 11.2. The lowest BCUT2D eigenvalue weighted by Crippen LogP contribution is -2.39. The Kier molecular flexibility index (Phi) is 5.00. The molecular weight excluding hydrogens is 298 g/mol. The molecule has 2 rings (SSSR count). The van der Waals surface area contributed by atoms with Gasteiger partial charge in [0.2, 0.25) is 10.0 Å².